The molecule has 0 spiro atoms. The average Bonchev–Trinajstić information content (AvgIpc) is 2.46. The van der Waals surface area contributed by atoms with E-state index >= 15 is 0 Å². The molecule has 0 atom stereocenters. The summed E-state index contributed by atoms with van der Waals surface area (Å²) in [5.74, 6) is 2.16. The van der Waals surface area contributed by atoms with Gasteiger partial charge in [-0.2, -0.15) is 0 Å². The number of hydrogen-bond acceptors (Lipinski definition) is 1. The molecule has 0 N–H and O–H groups in total. The van der Waals surface area contributed by atoms with Crippen molar-refractivity contribution in [3.8, 4) is 11.5 Å². The quantitative estimate of drug-likeness (QED) is 0.486. The van der Waals surface area contributed by atoms with E-state index in [-0.39, 0.29) is 15.7 Å². The van der Waals surface area contributed by atoms with Crippen molar-refractivity contribution in [3.63, 3.8) is 0 Å². The highest BCUT2D eigenvalue weighted by molar-refractivity contribution is 7.68. The number of para-hydroxylation sites is 2. The Morgan fingerprint density at radius 2 is 1.27 bits per heavy atom. The van der Waals surface area contributed by atoms with Crippen molar-refractivity contribution in [3.05, 3.63) is 53.1 Å². The van der Waals surface area contributed by atoms with Crippen molar-refractivity contribution in [1.82, 2.24) is 0 Å². The fourth-order valence-electron chi connectivity index (χ4n) is 4.56. The molecule has 2 aromatic carbocycles. The molecule has 1 aliphatic rings. The Bertz CT molecular complexity index is 820. The molecule has 0 amide bonds. The van der Waals surface area contributed by atoms with Gasteiger partial charge in [0, 0.05) is 21.8 Å². The van der Waals surface area contributed by atoms with E-state index in [1.54, 1.807) is 0 Å². The van der Waals surface area contributed by atoms with E-state index in [9.17, 15) is 0 Å². The predicted octanol–water partition coefficient (Wildman–Crippen LogP) is 7.13. The van der Waals surface area contributed by atoms with Gasteiger partial charge < -0.3 is 4.74 Å². The highest BCUT2D eigenvalue weighted by atomic mass is 31.1. The van der Waals surface area contributed by atoms with Crippen molar-refractivity contribution < 1.29 is 4.74 Å². The summed E-state index contributed by atoms with van der Waals surface area (Å²) in [6.07, 6.45) is 0. The SMILES string of the molecule is Cc1cccc2c1Oc1c(P(C(C)(C)C)C(C)(C)C)cccc1C2(C)C. The van der Waals surface area contributed by atoms with E-state index in [1.165, 1.54) is 22.0 Å². The Morgan fingerprint density at radius 1 is 0.769 bits per heavy atom. The van der Waals surface area contributed by atoms with Gasteiger partial charge in [-0.1, -0.05) is 99.7 Å². The molecule has 0 bridgehead atoms. The minimum Gasteiger partial charge on any atom is -0.456 e. The summed E-state index contributed by atoms with van der Waals surface area (Å²) in [5.41, 5.74) is 3.76. The minimum absolute atomic E-state index is 0.0539. The minimum atomic E-state index is -0.418. The van der Waals surface area contributed by atoms with Crippen LogP contribution in [0.3, 0.4) is 0 Å². The zero-order valence-corrected chi connectivity index (χ0v) is 18.7. The van der Waals surface area contributed by atoms with Crippen LogP contribution in [0.15, 0.2) is 36.4 Å². The van der Waals surface area contributed by atoms with Gasteiger partial charge in [0.2, 0.25) is 0 Å². The third-order valence-electron chi connectivity index (χ3n) is 5.34. The maximum absolute atomic E-state index is 6.66. The van der Waals surface area contributed by atoms with Crippen LogP contribution in [0.2, 0.25) is 0 Å². The molecule has 0 unspecified atom stereocenters. The fourth-order valence-corrected chi connectivity index (χ4v) is 8.62. The van der Waals surface area contributed by atoms with Crippen LogP contribution in [0.4, 0.5) is 0 Å². The lowest BCUT2D eigenvalue weighted by molar-refractivity contribution is 0.418. The second-order valence-corrected chi connectivity index (χ2v) is 13.8. The molecule has 2 aromatic rings. The molecule has 0 saturated heterocycles. The average molecular weight is 369 g/mol. The molecule has 0 fully saturated rings. The second kappa shape index (κ2) is 6.10. The van der Waals surface area contributed by atoms with Gasteiger partial charge in [0.15, 0.2) is 0 Å². The zero-order valence-electron chi connectivity index (χ0n) is 17.8. The van der Waals surface area contributed by atoms with E-state index in [4.69, 9.17) is 4.74 Å². The molecule has 3 rings (SSSR count). The lowest BCUT2D eigenvalue weighted by Gasteiger charge is -2.44. The summed E-state index contributed by atoms with van der Waals surface area (Å²) in [7, 11) is -0.418. The number of fused-ring (bicyclic) bond motifs is 2. The molecule has 0 saturated carbocycles. The Morgan fingerprint density at radius 3 is 1.81 bits per heavy atom. The summed E-state index contributed by atoms with van der Waals surface area (Å²) < 4.78 is 6.66. The molecular weight excluding hydrogens is 335 g/mol. The Hall–Kier alpha value is -1.33. The highest BCUT2D eigenvalue weighted by Crippen LogP contribution is 2.61. The second-order valence-electron chi connectivity index (χ2n) is 10.0. The van der Waals surface area contributed by atoms with Gasteiger partial charge in [-0.05, 0) is 22.8 Å². The normalized spacial score (nSPS) is 16.1. The fraction of sp³-hybridized carbons (Fsp3) is 0.500. The number of rotatable bonds is 1. The van der Waals surface area contributed by atoms with Crippen molar-refractivity contribution in [2.45, 2.75) is 78.0 Å². The van der Waals surface area contributed by atoms with E-state index in [1.807, 2.05) is 0 Å². The first-order valence-corrected chi connectivity index (χ1v) is 10.9. The van der Waals surface area contributed by atoms with E-state index in [2.05, 4.69) is 98.7 Å². The zero-order chi connectivity index (χ0) is 19.5. The van der Waals surface area contributed by atoms with Gasteiger partial charge in [-0.25, -0.2) is 0 Å². The van der Waals surface area contributed by atoms with Gasteiger partial charge in [0.05, 0.1) is 0 Å². The third kappa shape index (κ3) is 3.09. The highest BCUT2D eigenvalue weighted by Gasteiger charge is 2.42. The molecule has 1 aliphatic heterocycles. The summed E-state index contributed by atoms with van der Waals surface area (Å²) in [6.45, 7) is 21.0. The topological polar surface area (TPSA) is 9.23 Å². The van der Waals surface area contributed by atoms with Crippen LogP contribution in [-0.4, -0.2) is 10.3 Å². The molecule has 0 radical (unpaired) electrons. The van der Waals surface area contributed by atoms with Crippen molar-refractivity contribution in [1.29, 1.82) is 0 Å². The van der Waals surface area contributed by atoms with Crippen LogP contribution in [0.25, 0.3) is 0 Å². The maximum Gasteiger partial charge on any atom is 0.139 e. The predicted molar refractivity (Wildman–Crippen MR) is 116 cm³/mol. The van der Waals surface area contributed by atoms with Gasteiger partial charge in [-0.3, -0.25) is 0 Å². The number of aryl methyl sites for hydroxylation is 1. The number of benzene rings is 2. The van der Waals surface area contributed by atoms with Crippen LogP contribution in [-0.2, 0) is 5.41 Å². The summed E-state index contributed by atoms with van der Waals surface area (Å²) in [6, 6.07) is 13.3. The monoisotopic (exact) mass is 368 g/mol. The molecular formula is C24H33OP. The maximum atomic E-state index is 6.66. The first-order valence-electron chi connectivity index (χ1n) is 9.57. The lowest BCUT2D eigenvalue weighted by Crippen LogP contribution is -2.34. The van der Waals surface area contributed by atoms with Crippen LogP contribution < -0.4 is 10.0 Å². The Kier molecular flexibility index (Phi) is 4.56. The molecule has 0 aliphatic carbocycles. The molecule has 0 aromatic heterocycles. The van der Waals surface area contributed by atoms with E-state index in [0.717, 1.165) is 11.5 Å². The molecule has 140 valence electrons. The number of hydrogen-bond donors (Lipinski definition) is 0. The van der Waals surface area contributed by atoms with Gasteiger partial charge >= 0.3 is 0 Å². The van der Waals surface area contributed by atoms with E-state index < -0.39 is 7.92 Å². The first kappa shape index (κ1) is 19.4. The third-order valence-corrected chi connectivity index (χ3v) is 8.86. The smallest absolute Gasteiger partial charge is 0.139 e. The molecule has 1 nitrogen and oxygen atoms in total. The Labute approximate surface area is 160 Å². The van der Waals surface area contributed by atoms with Gasteiger partial charge in [-0.15, -0.1) is 0 Å². The van der Waals surface area contributed by atoms with Crippen molar-refractivity contribution in [2.75, 3.05) is 0 Å². The first-order chi connectivity index (χ1) is 11.8. The summed E-state index contributed by atoms with van der Waals surface area (Å²) in [5, 5.41) is 1.82. The van der Waals surface area contributed by atoms with Gasteiger partial charge in [0.1, 0.15) is 11.5 Å². The lowest BCUT2D eigenvalue weighted by atomic mass is 9.75. The Balaban J connectivity index is 2.29. The molecule has 2 heteroatoms. The molecule has 26 heavy (non-hydrogen) atoms. The van der Waals surface area contributed by atoms with Crippen molar-refractivity contribution in [2.24, 2.45) is 0 Å². The largest absolute Gasteiger partial charge is 0.456 e. The van der Waals surface area contributed by atoms with Crippen LogP contribution in [0.1, 0.15) is 72.1 Å². The van der Waals surface area contributed by atoms with E-state index in [0.29, 0.717) is 0 Å². The molecule has 1 heterocycles. The number of ether oxygens (including phenoxy) is 1. The summed E-state index contributed by atoms with van der Waals surface area (Å²) in [4.78, 5) is 0. The van der Waals surface area contributed by atoms with Crippen molar-refractivity contribution >= 4 is 13.2 Å². The summed E-state index contributed by atoms with van der Waals surface area (Å²) >= 11 is 0. The van der Waals surface area contributed by atoms with Gasteiger partial charge in [0.25, 0.3) is 0 Å². The standard InChI is InChI=1S/C24H33OP/c1-16-12-10-13-17-20(16)25-21-18(24(17,8)9)14-11-15-19(21)26(22(2,3)4)23(5,6)7/h10-15H,1-9H3. The van der Waals surface area contributed by atoms with Crippen LogP contribution in [0.5, 0.6) is 11.5 Å². The van der Waals surface area contributed by atoms with Crippen LogP contribution in [0, 0.1) is 6.92 Å². The van der Waals surface area contributed by atoms with Crippen LogP contribution >= 0.6 is 7.92 Å².